The third-order valence-corrected chi connectivity index (χ3v) is 4.36. The topological polar surface area (TPSA) is 38.5 Å². The Labute approximate surface area is 93.0 Å². The van der Waals surface area contributed by atoms with Crippen molar-refractivity contribution in [1.82, 2.24) is 4.90 Å². The molecule has 15 heavy (non-hydrogen) atoms. The van der Waals surface area contributed by atoms with Gasteiger partial charge in [0.25, 0.3) is 0 Å². The van der Waals surface area contributed by atoms with Crippen molar-refractivity contribution in [2.24, 2.45) is 17.1 Å². The van der Waals surface area contributed by atoms with Crippen molar-refractivity contribution in [1.29, 1.82) is 0 Å². The average molecular weight is 212 g/mol. The summed E-state index contributed by atoms with van der Waals surface area (Å²) in [4.78, 5) is 2.44. The molecule has 0 aromatic rings. The summed E-state index contributed by atoms with van der Waals surface area (Å²) < 4.78 is 5.71. The fourth-order valence-electron chi connectivity index (χ4n) is 3.20. The molecule has 2 saturated heterocycles. The van der Waals surface area contributed by atoms with Gasteiger partial charge >= 0.3 is 0 Å². The van der Waals surface area contributed by atoms with E-state index in [4.69, 9.17) is 10.5 Å². The van der Waals surface area contributed by atoms with Gasteiger partial charge in [-0.25, -0.2) is 0 Å². The quantitative estimate of drug-likeness (QED) is 0.707. The van der Waals surface area contributed by atoms with Crippen molar-refractivity contribution in [2.75, 3.05) is 39.9 Å². The van der Waals surface area contributed by atoms with Crippen LogP contribution in [0.15, 0.2) is 0 Å². The summed E-state index contributed by atoms with van der Waals surface area (Å²) in [6, 6.07) is 0. The molecule has 88 valence electrons. The van der Waals surface area contributed by atoms with Crippen LogP contribution in [0.5, 0.6) is 0 Å². The molecule has 2 atom stereocenters. The molecule has 2 heterocycles. The molecule has 2 rings (SSSR count). The molecule has 3 heteroatoms. The summed E-state index contributed by atoms with van der Waals surface area (Å²) in [6.45, 7) is 5.15. The lowest BCUT2D eigenvalue weighted by molar-refractivity contribution is -0.0570. The number of hydrogen-bond acceptors (Lipinski definition) is 3. The zero-order valence-corrected chi connectivity index (χ0v) is 9.87. The van der Waals surface area contributed by atoms with Crippen LogP contribution >= 0.6 is 0 Å². The number of hydrogen-bond donors (Lipinski definition) is 1. The van der Waals surface area contributed by atoms with Crippen molar-refractivity contribution in [2.45, 2.75) is 25.7 Å². The van der Waals surface area contributed by atoms with Gasteiger partial charge in [-0.3, -0.25) is 0 Å². The smallest absolute Gasteiger partial charge is 0.0526 e. The first-order chi connectivity index (χ1) is 7.27. The zero-order chi connectivity index (χ0) is 10.7. The van der Waals surface area contributed by atoms with Crippen LogP contribution in [0.1, 0.15) is 25.7 Å². The predicted octanol–water partition coefficient (Wildman–Crippen LogP) is 1.08. The Morgan fingerprint density at radius 3 is 3.07 bits per heavy atom. The van der Waals surface area contributed by atoms with E-state index in [1.807, 2.05) is 0 Å². The maximum atomic E-state index is 5.93. The molecule has 2 N–H and O–H groups in total. The second-order valence-corrected chi connectivity index (χ2v) is 5.29. The third kappa shape index (κ3) is 2.35. The largest absolute Gasteiger partial charge is 0.381 e. The van der Waals surface area contributed by atoms with Crippen LogP contribution in [0.4, 0.5) is 0 Å². The highest BCUT2D eigenvalue weighted by atomic mass is 16.5. The maximum Gasteiger partial charge on any atom is 0.0526 e. The summed E-state index contributed by atoms with van der Waals surface area (Å²) in [5.74, 6) is 0.692. The first-order valence-electron chi connectivity index (χ1n) is 6.23. The van der Waals surface area contributed by atoms with Gasteiger partial charge in [0, 0.05) is 6.61 Å². The van der Waals surface area contributed by atoms with E-state index in [0.717, 1.165) is 19.8 Å². The molecule has 3 nitrogen and oxygen atoms in total. The number of likely N-dealkylation sites (tertiary alicyclic amines) is 1. The van der Waals surface area contributed by atoms with Crippen LogP contribution in [-0.2, 0) is 4.74 Å². The highest BCUT2D eigenvalue weighted by Crippen LogP contribution is 2.42. The fraction of sp³-hybridized carbons (Fsp3) is 1.00. The van der Waals surface area contributed by atoms with E-state index in [0.29, 0.717) is 11.3 Å². The highest BCUT2D eigenvalue weighted by molar-refractivity contribution is 4.91. The fourth-order valence-corrected chi connectivity index (χ4v) is 3.20. The van der Waals surface area contributed by atoms with Crippen molar-refractivity contribution in [3.05, 3.63) is 0 Å². The van der Waals surface area contributed by atoms with Gasteiger partial charge in [0.2, 0.25) is 0 Å². The van der Waals surface area contributed by atoms with Gasteiger partial charge in [-0.1, -0.05) is 0 Å². The SMILES string of the molecule is CN1CCCC2(CC1)COCCC2CN. The van der Waals surface area contributed by atoms with E-state index in [2.05, 4.69) is 11.9 Å². The summed E-state index contributed by atoms with van der Waals surface area (Å²) in [5.41, 5.74) is 6.33. The lowest BCUT2D eigenvalue weighted by atomic mass is 9.68. The summed E-state index contributed by atoms with van der Waals surface area (Å²) in [6.07, 6.45) is 5.04. The minimum absolute atomic E-state index is 0.401. The predicted molar refractivity (Wildman–Crippen MR) is 61.8 cm³/mol. The Bertz CT molecular complexity index is 210. The first kappa shape index (κ1) is 11.4. The van der Waals surface area contributed by atoms with Crippen LogP contribution < -0.4 is 5.73 Å². The van der Waals surface area contributed by atoms with E-state index >= 15 is 0 Å². The van der Waals surface area contributed by atoms with Crippen molar-refractivity contribution in [3.63, 3.8) is 0 Å². The molecule has 1 spiro atoms. The summed E-state index contributed by atoms with van der Waals surface area (Å²) in [7, 11) is 2.22. The molecule has 2 aliphatic heterocycles. The minimum Gasteiger partial charge on any atom is -0.381 e. The Morgan fingerprint density at radius 1 is 1.40 bits per heavy atom. The van der Waals surface area contributed by atoms with Gasteiger partial charge in [0.15, 0.2) is 0 Å². The van der Waals surface area contributed by atoms with Crippen LogP contribution in [0, 0.1) is 11.3 Å². The Morgan fingerprint density at radius 2 is 2.27 bits per heavy atom. The molecule has 0 aromatic carbocycles. The van der Waals surface area contributed by atoms with Crippen LogP contribution in [0.2, 0.25) is 0 Å². The normalized spacial score (nSPS) is 39.2. The molecule has 0 bridgehead atoms. The molecule has 2 aliphatic rings. The minimum atomic E-state index is 0.401. The van der Waals surface area contributed by atoms with E-state index in [1.54, 1.807) is 0 Å². The molecule has 0 radical (unpaired) electrons. The zero-order valence-electron chi connectivity index (χ0n) is 9.87. The number of ether oxygens (including phenoxy) is 1. The number of nitrogens with zero attached hydrogens (tertiary/aromatic N) is 1. The third-order valence-electron chi connectivity index (χ3n) is 4.36. The molecule has 0 aromatic heterocycles. The van der Waals surface area contributed by atoms with E-state index in [9.17, 15) is 0 Å². The van der Waals surface area contributed by atoms with Gasteiger partial charge in [0.05, 0.1) is 6.61 Å². The molecule has 0 aliphatic carbocycles. The molecular weight excluding hydrogens is 188 g/mol. The Hall–Kier alpha value is -0.120. The molecular formula is C12H24N2O. The standard InChI is InChI=1S/C12H24N2O/c1-14-6-2-4-12(5-7-14)10-15-8-3-11(12)9-13/h11H,2-10,13H2,1H3. The average Bonchev–Trinajstić information content (AvgIpc) is 2.43. The van der Waals surface area contributed by atoms with E-state index < -0.39 is 0 Å². The van der Waals surface area contributed by atoms with Gasteiger partial charge in [-0.05, 0) is 63.7 Å². The lowest BCUT2D eigenvalue weighted by Gasteiger charge is -2.43. The van der Waals surface area contributed by atoms with Crippen LogP contribution in [0.3, 0.4) is 0 Å². The van der Waals surface area contributed by atoms with Crippen LogP contribution in [-0.4, -0.2) is 44.8 Å². The van der Waals surface area contributed by atoms with Crippen LogP contribution in [0.25, 0.3) is 0 Å². The molecule has 0 amide bonds. The second-order valence-electron chi connectivity index (χ2n) is 5.29. The molecule has 2 unspecified atom stereocenters. The van der Waals surface area contributed by atoms with Gasteiger partial charge in [-0.15, -0.1) is 0 Å². The summed E-state index contributed by atoms with van der Waals surface area (Å²) in [5, 5.41) is 0. The first-order valence-corrected chi connectivity index (χ1v) is 6.23. The Balaban J connectivity index is 2.07. The van der Waals surface area contributed by atoms with Crippen molar-refractivity contribution >= 4 is 0 Å². The van der Waals surface area contributed by atoms with E-state index in [1.165, 1.54) is 38.8 Å². The van der Waals surface area contributed by atoms with Crippen molar-refractivity contribution in [3.8, 4) is 0 Å². The van der Waals surface area contributed by atoms with E-state index in [-0.39, 0.29) is 0 Å². The maximum absolute atomic E-state index is 5.93. The van der Waals surface area contributed by atoms with Gasteiger partial charge in [-0.2, -0.15) is 0 Å². The number of rotatable bonds is 1. The highest BCUT2D eigenvalue weighted by Gasteiger charge is 2.41. The lowest BCUT2D eigenvalue weighted by Crippen LogP contribution is -2.44. The summed E-state index contributed by atoms with van der Waals surface area (Å²) >= 11 is 0. The number of nitrogens with two attached hydrogens (primary N) is 1. The van der Waals surface area contributed by atoms with Gasteiger partial charge in [0.1, 0.15) is 0 Å². The Kier molecular flexibility index (Phi) is 3.65. The van der Waals surface area contributed by atoms with Gasteiger partial charge < -0.3 is 15.4 Å². The monoisotopic (exact) mass is 212 g/mol. The second kappa shape index (κ2) is 4.81. The molecule has 2 fully saturated rings. The van der Waals surface area contributed by atoms with Crippen molar-refractivity contribution < 1.29 is 4.74 Å². The molecule has 0 saturated carbocycles.